The largest absolute Gasteiger partial charge is 0.388 e. The lowest BCUT2D eigenvalue weighted by Crippen LogP contribution is -1.98. The van der Waals surface area contributed by atoms with Crippen LogP contribution in [0.5, 0.6) is 0 Å². The second-order valence-electron chi connectivity index (χ2n) is 4.68. The minimum atomic E-state index is -1.22. The molecule has 5 heteroatoms. The maximum atomic E-state index is 13.8. The van der Waals surface area contributed by atoms with Gasteiger partial charge in [0.25, 0.3) is 0 Å². The van der Waals surface area contributed by atoms with Gasteiger partial charge >= 0.3 is 0 Å². The molecule has 2 nitrogen and oxygen atoms in total. The fourth-order valence-corrected chi connectivity index (χ4v) is 2.69. The Morgan fingerprint density at radius 3 is 2.72 bits per heavy atom. The summed E-state index contributed by atoms with van der Waals surface area (Å²) in [5.41, 5.74) is 0.872. The Balaban J connectivity index is 2.39. The van der Waals surface area contributed by atoms with Crippen LogP contribution in [-0.2, 0) is 6.42 Å². The van der Waals surface area contributed by atoms with E-state index in [4.69, 9.17) is 0 Å². The van der Waals surface area contributed by atoms with Crippen molar-refractivity contribution >= 4 is 10.9 Å². The first kappa shape index (κ1) is 11.6. The number of halogens is 3. The van der Waals surface area contributed by atoms with Crippen LogP contribution in [-0.4, -0.2) is 10.1 Å². The first-order chi connectivity index (χ1) is 8.59. The Hall–Kier alpha value is -1.49. The second-order valence-corrected chi connectivity index (χ2v) is 4.68. The summed E-state index contributed by atoms with van der Waals surface area (Å²) in [6, 6.07) is 0.528. The monoisotopic (exact) mass is 255 g/mol. The topological polar surface area (TPSA) is 36.0 Å². The van der Waals surface area contributed by atoms with Gasteiger partial charge in [0.05, 0.1) is 11.6 Å². The van der Waals surface area contributed by atoms with Crippen molar-refractivity contribution < 1.29 is 18.3 Å². The first-order valence-electron chi connectivity index (χ1n) is 5.95. The summed E-state index contributed by atoms with van der Waals surface area (Å²) in [6.45, 7) is 0. The summed E-state index contributed by atoms with van der Waals surface area (Å²) in [5, 5.41) is 9.86. The zero-order valence-corrected chi connectivity index (χ0v) is 9.56. The van der Waals surface area contributed by atoms with E-state index in [9.17, 15) is 18.3 Å². The molecular weight excluding hydrogens is 243 g/mol. The van der Waals surface area contributed by atoms with Crippen LogP contribution in [0.25, 0.3) is 10.9 Å². The number of benzene rings is 1. The number of fused-ring (bicyclic) bond motifs is 3. The van der Waals surface area contributed by atoms with Gasteiger partial charge in [-0.15, -0.1) is 0 Å². The smallest absolute Gasteiger partial charge is 0.168 e. The number of rotatable bonds is 0. The summed E-state index contributed by atoms with van der Waals surface area (Å²) in [4.78, 5) is 2.78. The molecule has 96 valence electrons. The Morgan fingerprint density at radius 2 is 1.94 bits per heavy atom. The molecule has 0 saturated heterocycles. The van der Waals surface area contributed by atoms with E-state index in [0.29, 0.717) is 30.2 Å². The molecule has 18 heavy (non-hydrogen) atoms. The Morgan fingerprint density at radius 1 is 1.17 bits per heavy atom. The minimum absolute atomic E-state index is 0.0557. The molecule has 2 aromatic rings. The van der Waals surface area contributed by atoms with Crippen molar-refractivity contribution in [3.63, 3.8) is 0 Å². The molecule has 1 aliphatic carbocycles. The van der Waals surface area contributed by atoms with E-state index in [1.54, 1.807) is 0 Å². The molecule has 1 aliphatic rings. The predicted molar refractivity (Wildman–Crippen MR) is 60.7 cm³/mol. The van der Waals surface area contributed by atoms with Crippen molar-refractivity contribution in [2.24, 2.45) is 0 Å². The number of hydrogen-bond donors (Lipinski definition) is 2. The van der Waals surface area contributed by atoms with Crippen molar-refractivity contribution in [1.29, 1.82) is 0 Å². The van der Waals surface area contributed by atoms with Crippen molar-refractivity contribution in [3.8, 4) is 0 Å². The average Bonchev–Trinajstić information content (AvgIpc) is 2.63. The van der Waals surface area contributed by atoms with Gasteiger partial charge in [-0.3, -0.25) is 0 Å². The molecule has 1 aromatic heterocycles. The highest BCUT2D eigenvalue weighted by Crippen LogP contribution is 2.37. The lowest BCUT2D eigenvalue weighted by atomic mass is 10.0. The third kappa shape index (κ3) is 1.54. The fraction of sp³-hybridized carbons (Fsp3) is 0.385. The van der Waals surface area contributed by atoms with Gasteiger partial charge in [-0.25, -0.2) is 13.2 Å². The maximum Gasteiger partial charge on any atom is 0.168 e. The van der Waals surface area contributed by atoms with E-state index < -0.39 is 23.6 Å². The van der Waals surface area contributed by atoms with Crippen LogP contribution in [0.1, 0.15) is 36.6 Å². The fourth-order valence-electron chi connectivity index (χ4n) is 2.69. The van der Waals surface area contributed by atoms with Gasteiger partial charge in [0, 0.05) is 22.7 Å². The quantitative estimate of drug-likeness (QED) is 0.549. The van der Waals surface area contributed by atoms with Crippen LogP contribution in [0.3, 0.4) is 0 Å². The van der Waals surface area contributed by atoms with E-state index in [1.165, 1.54) is 0 Å². The van der Waals surface area contributed by atoms with Crippen LogP contribution in [0, 0.1) is 17.5 Å². The molecule has 0 bridgehead atoms. The second kappa shape index (κ2) is 4.02. The molecule has 0 spiro atoms. The third-order valence-electron chi connectivity index (χ3n) is 3.53. The molecule has 0 fully saturated rings. The van der Waals surface area contributed by atoms with Crippen LogP contribution >= 0.6 is 0 Å². The molecule has 1 heterocycles. The van der Waals surface area contributed by atoms with Gasteiger partial charge in [0.2, 0.25) is 0 Å². The number of aromatic nitrogens is 1. The van der Waals surface area contributed by atoms with E-state index in [0.717, 1.165) is 12.8 Å². The van der Waals surface area contributed by atoms with Crippen LogP contribution in [0.4, 0.5) is 13.2 Å². The van der Waals surface area contributed by atoms with Crippen LogP contribution < -0.4 is 0 Å². The van der Waals surface area contributed by atoms with Crippen molar-refractivity contribution in [2.75, 3.05) is 0 Å². The van der Waals surface area contributed by atoms with Crippen LogP contribution in [0.2, 0.25) is 0 Å². The lowest BCUT2D eigenvalue weighted by molar-refractivity contribution is 0.168. The maximum absolute atomic E-state index is 13.8. The van der Waals surface area contributed by atoms with E-state index in [2.05, 4.69) is 4.98 Å². The highest BCUT2D eigenvalue weighted by Gasteiger charge is 2.26. The molecule has 1 aromatic carbocycles. The van der Waals surface area contributed by atoms with Gasteiger partial charge in [-0.1, -0.05) is 6.42 Å². The standard InChI is InChI=1S/C13H12F3NO/c14-6-5-7(15)13-11(12(6)16)10-8(17-13)3-1-2-4-9(10)18/h5,9,17-18H,1-4H2. The van der Waals surface area contributed by atoms with Crippen molar-refractivity contribution in [1.82, 2.24) is 4.98 Å². The van der Waals surface area contributed by atoms with Crippen molar-refractivity contribution in [2.45, 2.75) is 31.8 Å². The molecule has 0 radical (unpaired) electrons. The van der Waals surface area contributed by atoms with Gasteiger partial charge in [-0.05, 0) is 19.3 Å². The summed E-state index contributed by atoms with van der Waals surface area (Å²) in [7, 11) is 0. The Kier molecular flexibility index (Phi) is 2.59. The molecular formula is C13H12F3NO. The normalized spacial score (nSPS) is 19.9. The number of aliphatic hydroxyl groups is 1. The van der Waals surface area contributed by atoms with Gasteiger partial charge in [0.15, 0.2) is 11.6 Å². The Labute approximate surface area is 101 Å². The zero-order chi connectivity index (χ0) is 12.9. The van der Waals surface area contributed by atoms with Gasteiger partial charge < -0.3 is 10.1 Å². The number of aryl methyl sites for hydroxylation is 1. The molecule has 0 aliphatic heterocycles. The average molecular weight is 255 g/mol. The van der Waals surface area contributed by atoms with E-state index in [-0.39, 0.29) is 10.9 Å². The summed E-state index contributed by atoms with van der Waals surface area (Å²) in [5.74, 6) is -3.15. The SMILES string of the molecule is OC1CCCCc2[nH]c3c(F)cc(F)c(F)c3c21. The molecule has 2 N–H and O–H groups in total. The van der Waals surface area contributed by atoms with E-state index in [1.807, 2.05) is 0 Å². The summed E-state index contributed by atoms with van der Waals surface area (Å²) < 4.78 is 40.7. The Bertz CT molecular complexity index is 620. The zero-order valence-electron chi connectivity index (χ0n) is 9.56. The predicted octanol–water partition coefficient (Wildman–Crippen LogP) is 3.35. The highest BCUT2D eigenvalue weighted by molar-refractivity contribution is 5.86. The molecule has 0 amide bonds. The number of H-pyrrole nitrogens is 1. The molecule has 0 saturated carbocycles. The number of nitrogens with one attached hydrogen (secondary N) is 1. The number of aliphatic hydroxyl groups excluding tert-OH is 1. The molecule has 3 rings (SSSR count). The van der Waals surface area contributed by atoms with Crippen molar-refractivity contribution in [3.05, 3.63) is 34.8 Å². The van der Waals surface area contributed by atoms with E-state index >= 15 is 0 Å². The van der Waals surface area contributed by atoms with Gasteiger partial charge in [-0.2, -0.15) is 0 Å². The first-order valence-corrected chi connectivity index (χ1v) is 5.95. The minimum Gasteiger partial charge on any atom is -0.388 e. The summed E-state index contributed by atoms with van der Waals surface area (Å²) in [6.07, 6.45) is 1.87. The third-order valence-corrected chi connectivity index (χ3v) is 3.53. The molecule has 1 unspecified atom stereocenters. The molecule has 1 atom stereocenters. The summed E-state index contributed by atoms with van der Waals surface area (Å²) >= 11 is 0. The van der Waals surface area contributed by atoms with Gasteiger partial charge in [0.1, 0.15) is 5.82 Å². The number of hydrogen-bond acceptors (Lipinski definition) is 1. The van der Waals surface area contributed by atoms with Crippen LogP contribution in [0.15, 0.2) is 6.07 Å². The lowest BCUT2D eigenvalue weighted by Gasteiger charge is -2.08. The highest BCUT2D eigenvalue weighted by atomic mass is 19.2. The number of aromatic amines is 1.